The van der Waals surface area contributed by atoms with Crippen LogP contribution in [-0.2, 0) is 13.5 Å². The molecule has 1 aromatic rings. The van der Waals surface area contributed by atoms with E-state index in [1.165, 1.54) is 19.2 Å². The molecule has 0 amide bonds. The minimum atomic E-state index is -0.273. The molecule has 0 aliphatic heterocycles. The minimum absolute atomic E-state index is 0.273. The maximum absolute atomic E-state index is 9.94. The van der Waals surface area contributed by atoms with E-state index in [0.717, 1.165) is 11.7 Å². The van der Waals surface area contributed by atoms with Crippen LogP contribution in [0, 0.1) is 11.8 Å². The molecule has 0 bridgehead atoms. The van der Waals surface area contributed by atoms with Crippen molar-refractivity contribution in [2.24, 2.45) is 18.9 Å². The summed E-state index contributed by atoms with van der Waals surface area (Å²) in [5.41, 5.74) is 0. The van der Waals surface area contributed by atoms with Crippen LogP contribution in [0.5, 0.6) is 0 Å². The van der Waals surface area contributed by atoms with Crippen molar-refractivity contribution in [2.75, 3.05) is 0 Å². The highest BCUT2D eigenvalue weighted by molar-refractivity contribution is 4.91. The van der Waals surface area contributed by atoms with Crippen LogP contribution in [0.1, 0.15) is 25.6 Å². The maximum Gasteiger partial charge on any atom is 0.138 e. The van der Waals surface area contributed by atoms with Gasteiger partial charge in [0.25, 0.3) is 0 Å². The van der Waals surface area contributed by atoms with E-state index >= 15 is 0 Å². The molecule has 1 heterocycles. The predicted molar refractivity (Wildman–Crippen MR) is 52.6 cm³/mol. The quantitative estimate of drug-likeness (QED) is 0.772. The van der Waals surface area contributed by atoms with Gasteiger partial charge < -0.3 is 5.11 Å². The Hall–Kier alpha value is -0.900. The molecule has 1 aliphatic rings. The summed E-state index contributed by atoms with van der Waals surface area (Å²) in [7, 11) is 1.86. The average Bonchev–Trinajstić information content (AvgIpc) is 2.92. The highest BCUT2D eigenvalue weighted by atomic mass is 16.3. The van der Waals surface area contributed by atoms with E-state index in [2.05, 4.69) is 17.0 Å². The zero-order valence-corrected chi connectivity index (χ0v) is 8.72. The van der Waals surface area contributed by atoms with Gasteiger partial charge in [0.2, 0.25) is 0 Å². The summed E-state index contributed by atoms with van der Waals surface area (Å²) < 4.78 is 1.73. The second-order valence-electron chi connectivity index (χ2n) is 4.27. The zero-order valence-electron chi connectivity index (χ0n) is 8.72. The number of aryl methyl sites for hydroxylation is 1. The largest absolute Gasteiger partial charge is 0.392 e. The van der Waals surface area contributed by atoms with E-state index < -0.39 is 0 Å². The number of rotatable bonds is 4. The van der Waals surface area contributed by atoms with Gasteiger partial charge in [-0.15, -0.1) is 0 Å². The summed E-state index contributed by atoms with van der Waals surface area (Å²) in [6, 6.07) is 0. The normalized spacial score (nSPS) is 20.8. The van der Waals surface area contributed by atoms with Crippen molar-refractivity contribution in [3.63, 3.8) is 0 Å². The lowest BCUT2D eigenvalue weighted by Gasteiger charge is -2.17. The van der Waals surface area contributed by atoms with E-state index in [9.17, 15) is 5.11 Å². The summed E-state index contributed by atoms with van der Waals surface area (Å²) in [4.78, 5) is 4.11. The van der Waals surface area contributed by atoms with Crippen molar-refractivity contribution in [2.45, 2.75) is 32.3 Å². The number of nitrogens with zero attached hydrogens (tertiary/aromatic N) is 3. The Morgan fingerprint density at radius 2 is 2.36 bits per heavy atom. The third-order valence-corrected chi connectivity index (χ3v) is 3.17. The molecule has 2 atom stereocenters. The zero-order chi connectivity index (χ0) is 10.1. The number of hydrogen-bond donors (Lipinski definition) is 1. The van der Waals surface area contributed by atoms with Gasteiger partial charge in [-0.2, -0.15) is 5.10 Å². The van der Waals surface area contributed by atoms with Crippen molar-refractivity contribution >= 4 is 0 Å². The summed E-state index contributed by atoms with van der Waals surface area (Å²) in [6.07, 6.45) is 4.43. The molecule has 78 valence electrons. The van der Waals surface area contributed by atoms with Crippen LogP contribution in [0.25, 0.3) is 0 Å². The van der Waals surface area contributed by atoms with Crippen LogP contribution in [0.4, 0.5) is 0 Å². The van der Waals surface area contributed by atoms with Gasteiger partial charge in [-0.1, -0.05) is 6.92 Å². The summed E-state index contributed by atoms with van der Waals surface area (Å²) >= 11 is 0. The Morgan fingerprint density at radius 3 is 2.86 bits per heavy atom. The molecule has 1 fully saturated rings. The fraction of sp³-hybridized carbons (Fsp3) is 0.800. The molecular weight excluding hydrogens is 178 g/mol. The third kappa shape index (κ3) is 1.95. The lowest BCUT2D eigenvalue weighted by atomic mass is 9.97. The number of aliphatic hydroxyl groups is 1. The number of aliphatic hydroxyl groups excluding tert-OH is 1. The molecule has 2 rings (SSSR count). The summed E-state index contributed by atoms with van der Waals surface area (Å²) in [5.74, 6) is 2.00. The lowest BCUT2D eigenvalue weighted by Crippen LogP contribution is -2.23. The molecule has 0 saturated heterocycles. The van der Waals surface area contributed by atoms with Crippen molar-refractivity contribution in [3.8, 4) is 0 Å². The summed E-state index contributed by atoms with van der Waals surface area (Å²) in [5, 5.41) is 13.9. The first kappa shape index (κ1) is 9.65. The lowest BCUT2D eigenvalue weighted by molar-refractivity contribution is 0.102. The molecular formula is C10H17N3O. The smallest absolute Gasteiger partial charge is 0.138 e. The van der Waals surface area contributed by atoms with Gasteiger partial charge in [0.15, 0.2) is 0 Å². The number of aromatic nitrogens is 3. The second kappa shape index (κ2) is 3.69. The van der Waals surface area contributed by atoms with Crippen LogP contribution in [-0.4, -0.2) is 26.0 Å². The fourth-order valence-corrected chi connectivity index (χ4v) is 1.81. The molecule has 0 radical (unpaired) electrons. The molecule has 4 nitrogen and oxygen atoms in total. The Morgan fingerprint density at radius 1 is 1.64 bits per heavy atom. The van der Waals surface area contributed by atoms with E-state index in [-0.39, 0.29) is 6.10 Å². The van der Waals surface area contributed by atoms with Gasteiger partial charge in [-0.3, -0.25) is 4.68 Å². The van der Waals surface area contributed by atoms with Gasteiger partial charge >= 0.3 is 0 Å². The van der Waals surface area contributed by atoms with Crippen molar-refractivity contribution in [1.29, 1.82) is 0 Å². The van der Waals surface area contributed by atoms with E-state index in [0.29, 0.717) is 12.3 Å². The van der Waals surface area contributed by atoms with Gasteiger partial charge in [-0.25, -0.2) is 4.98 Å². The Bertz CT molecular complexity index is 306. The Balaban J connectivity index is 1.93. The van der Waals surface area contributed by atoms with Gasteiger partial charge in [0.05, 0.1) is 6.10 Å². The average molecular weight is 195 g/mol. The Kier molecular flexibility index (Phi) is 2.54. The van der Waals surface area contributed by atoms with Crippen molar-refractivity contribution < 1.29 is 5.11 Å². The molecule has 2 unspecified atom stereocenters. The van der Waals surface area contributed by atoms with E-state index in [1.54, 1.807) is 4.68 Å². The number of hydrogen-bond acceptors (Lipinski definition) is 3. The van der Waals surface area contributed by atoms with Crippen LogP contribution < -0.4 is 0 Å². The predicted octanol–water partition coefficient (Wildman–Crippen LogP) is 0.765. The third-order valence-electron chi connectivity index (χ3n) is 3.17. The van der Waals surface area contributed by atoms with Crippen LogP contribution in [0.2, 0.25) is 0 Å². The molecule has 14 heavy (non-hydrogen) atoms. The maximum atomic E-state index is 9.94. The van der Waals surface area contributed by atoms with Crippen LogP contribution in [0.15, 0.2) is 6.33 Å². The first-order chi connectivity index (χ1) is 6.68. The van der Waals surface area contributed by atoms with Crippen LogP contribution >= 0.6 is 0 Å². The van der Waals surface area contributed by atoms with Crippen molar-refractivity contribution in [3.05, 3.63) is 12.2 Å². The molecule has 1 N–H and O–H groups in total. The summed E-state index contributed by atoms with van der Waals surface area (Å²) in [6.45, 7) is 2.12. The molecule has 1 aromatic heterocycles. The van der Waals surface area contributed by atoms with E-state index in [1.807, 2.05) is 7.05 Å². The van der Waals surface area contributed by atoms with Crippen molar-refractivity contribution in [1.82, 2.24) is 14.8 Å². The van der Waals surface area contributed by atoms with Gasteiger partial charge in [0, 0.05) is 13.5 Å². The highest BCUT2D eigenvalue weighted by Gasteiger charge is 2.32. The molecule has 1 saturated carbocycles. The van der Waals surface area contributed by atoms with Gasteiger partial charge in [-0.05, 0) is 24.7 Å². The van der Waals surface area contributed by atoms with Gasteiger partial charge in [0.1, 0.15) is 12.2 Å². The van der Waals surface area contributed by atoms with Crippen LogP contribution in [0.3, 0.4) is 0 Å². The molecule has 1 aliphatic carbocycles. The molecule has 4 heteroatoms. The highest BCUT2D eigenvalue weighted by Crippen LogP contribution is 2.38. The fourth-order valence-electron chi connectivity index (χ4n) is 1.81. The van der Waals surface area contributed by atoms with E-state index in [4.69, 9.17) is 0 Å². The first-order valence-electron chi connectivity index (χ1n) is 5.19. The second-order valence-corrected chi connectivity index (χ2v) is 4.27. The minimum Gasteiger partial charge on any atom is -0.392 e. The molecule has 0 aromatic carbocycles. The molecule has 0 spiro atoms. The SMILES string of the molecule is CC(C(O)Cc1ncnn1C)C1CC1. The Labute approximate surface area is 84.0 Å². The first-order valence-corrected chi connectivity index (χ1v) is 5.19. The topological polar surface area (TPSA) is 50.9 Å². The monoisotopic (exact) mass is 195 g/mol. The standard InChI is InChI=1S/C10H17N3O/c1-7(8-3-4-8)9(14)5-10-11-6-12-13(10)2/h6-9,14H,3-5H2,1-2H3.